The fourth-order valence-electron chi connectivity index (χ4n) is 4.88. The maximum Gasteiger partial charge on any atom is 0.123 e. The number of piperidine rings is 1. The number of hydrogen-bond donors (Lipinski definition) is 0. The van der Waals surface area contributed by atoms with Crippen molar-refractivity contribution >= 4 is 23.5 Å². The molecule has 1 heterocycles. The van der Waals surface area contributed by atoms with Crippen molar-refractivity contribution in [2.24, 2.45) is 5.92 Å². The lowest BCUT2D eigenvalue weighted by Crippen LogP contribution is -2.31. The van der Waals surface area contributed by atoms with Gasteiger partial charge in [0.25, 0.3) is 0 Å². The molecule has 1 saturated carbocycles. The van der Waals surface area contributed by atoms with Gasteiger partial charge in [0.15, 0.2) is 0 Å². The largest absolute Gasteiger partial charge is 0.493 e. The van der Waals surface area contributed by atoms with E-state index in [2.05, 4.69) is 45.6 Å². The van der Waals surface area contributed by atoms with Crippen molar-refractivity contribution < 1.29 is 4.74 Å². The Morgan fingerprint density at radius 2 is 1.69 bits per heavy atom. The molecule has 0 spiro atoms. The van der Waals surface area contributed by atoms with Crippen molar-refractivity contribution in [1.29, 1.82) is 0 Å². The number of halogens is 1. The summed E-state index contributed by atoms with van der Waals surface area (Å²) in [6.07, 6.45) is 10.7. The minimum absolute atomic E-state index is 0.792. The molecule has 174 valence electrons. The first-order chi connectivity index (χ1) is 15.8. The van der Waals surface area contributed by atoms with Gasteiger partial charge in [-0.25, -0.2) is 4.31 Å². The molecular weight excluding hydrogens is 436 g/mol. The van der Waals surface area contributed by atoms with Crippen molar-refractivity contribution in [2.75, 3.05) is 32.8 Å². The zero-order valence-electron chi connectivity index (χ0n) is 19.2. The Balaban J connectivity index is 1.35. The van der Waals surface area contributed by atoms with E-state index in [1.807, 2.05) is 24.1 Å². The molecule has 0 N–H and O–H groups in total. The van der Waals surface area contributed by atoms with E-state index in [9.17, 15) is 0 Å². The van der Waals surface area contributed by atoms with Crippen molar-refractivity contribution in [2.45, 2.75) is 62.8 Å². The molecule has 3 nitrogen and oxygen atoms in total. The van der Waals surface area contributed by atoms with Gasteiger partial charge in [0.1, 0.15) is 5.75 Å². The van der Waals surface area contributed by atoms with Gasteiger partial charge in [0.05, 0.1) is 6.61 Å². The predicted molar refractivity (Wildman–Crippen MR) is 137 cm³/mol. The van der Waals surface area contributed by atoms with Gasteiger partial charge in [0.2, 0.25) is 0 Å². The lowest BCUT2D eigenvalue weighted by Gasteiger charge is -2.27. The third-order valence-corrected chi connectivity index (χ3v) is 7.90. The van der Waals surface area contributed by atoms with Crippen molar-refractivity contribution in [3.63, 3.8) is 0 Å². The SMILES string of the molecule is Clc1ccc(SN(Cc2ccccc2OCCCN2CCCCC2)CC2CCCC2)cc1. The molecule has 1 saturated heterocycles. The Hall–Kier alpha value is -1.20. The Morgan fingerprint density at radius 1 is 0.938 bits per heavy atom. The highest BCUT2D eigenvalue weighted by atomic mass is 35.5. The van der Waals surface area contributed by atoms with Gasteiger partial charge >= 0.3 is 0 Å². The van der Waals surface area contributed by atoms with E-state index in [0.29, 0.717) is 0 Å². The van der Waals surface area contributed by atoms with Crippen molar-refractivity contribution in [3.8, 4) is 5.75 Å². The van der Waals surface area contributed by atoms with Crippen LogP contribution in [0.2, 0.25) is 5.02 Å². The second kappa shape index (κ2) is 12.9. The smallest absolute Gasteiger partial charge is 0.123 e. The van der Waals surface area contributed by atoms with E-state index in [1.54, 1.807) is 0 Å². The lowest BCUT2D eigenvalue weighted by atomic mass is 10.1. The third-order valence-electron chi connectivity index (χ3n) is 6.63. The van der Waals surface area contributed by atoms with Crippen LogP contribution >= 0.6 is 23.5 Å². The number of likely N-dealkylation sites (tertiary alicyclic amines) is 1. The highest BCUT2D eigenvalue weighted by Gasteiger charge is 2.21. The molecule has 2 aliphatic rings. The third kappa shape index (κ3) is 7.69. The van der Waals surface area contributed by atoms with E-state index in [4.69, 9.17) is 16.3 Å². The molecule has 32 heavy (non-hydrogen) atoms. The summed E-state index contributed by atoms with van der Waals surface area (Å²) in [5, 5.41) is 0.792. The van der Waals surface area contributed by atoms with Crippen LogP contribution in [0.25, 0.3) is 0 Å². The topological polar surface area (TPSA) is 15.7 Å². The van der Waals surface area contributed by atoms with Crippen molar-refractivity contribution in [3.05, 3.63) is 59.1 Å². The van der Waals surface area contributed by atoms with Crippen LogP contribution in [-0.4, -0.2) is 42.0 Å². The standard InChI is InChI=1S/C27H37ClN2OS/c28-25-13-15-26(16-14-25)32-30(21-23-9-2-3-10-23)22-24-11-4-5-12-27(24)31-20-8-19-29-17-6-1-7-18-29/h4-5,11-16,23H,1-3,6-10,17-22H2. The van der Waals surface area contributed by atoms with Crippen LogP contribution in [0.15, 0.2) is 53.4 Å². The first-order valence-electron chi connectivity index (χ1n) is 12.4. The molecule has 0 bridgehead atoms. The summed E-state index contributed by atoms with van der Waals surface area (Å²) in [5.74, 6) is 1.84. The van der Waals surface area contributed by atoms with Crippen LogP contribution in [0, 0.1) is 5.92 Å². The van der Waals surface area contributed by atoms with E-state index in [1.165, 1.54) is 68.5 Å². The van der Waals surface area contributed by atoms with E-state index in [-0.39, 0.29) is 0 Å². The molecule has 1 aliphatic heterocycles. The molecule has 2 fully saturated rings. The summed E-state index contributed by atoms with van der Waals surface area (Å²) in [4.78, 5) is 3.83. The Bertz CT molecular complexity index is 804. The van der Waals surface area contributed by atoms with Crippen molar-refractivity contribution in [1.82, 2.24) is 9.21 Å². The second-order valence-electron chi connectivity index (χ2n) is 9.23. The predicted octanol–water partition coefficient (Wildman–Crippen LogP) is 7.29. The minimum atomic E-state index is 0.792. The first-order valence-corrected chi connectivity index (χ1v) is 13.5. The van der Waals surface area contributed by atoms with Crippen LogP contribution in [0.4, 0.5) is 0 Å². The van der Waals surface area contributed by atoms with Crippen LogP contribution in [-0.2, 0) is 6.54 Å². The Labute approximate surface area is 203 Å². The number of benzene rings is 2. The number of ether oxygens (including phenoxy) is 1. The maximum absolute atomic E-state index is 6.28. The molecule has 4 rings (SSSR count). The average Bonchev–Trinajstić information content (AvgIpc) is 3.33. The van der Waals surface area contributed by atoms with Gasteiger partial charge < -0.3 is 9.64 Å². The summed E-state index contributed by atoms with van der Waals surface area (Å²) in [6.45, 7) is 6.48. The fraction of sp³-hybridized carbons (Fsp3) is 0.556. The van der Waals surface area contributed by atoms with Gasteiger partial charge in [0, 0.05) is 35.1 Å². The Morgan fingerprint density at radius 3 is 2.47 bits per heavy atom. The number of nitrogens with zero attached hydrogens (tertiary/aromatic N) is 2. The quantitative estimate of drug-likeness (QED) is 0.252. The van der Waals surface area contributed by atoms with Crippen LogP contribution in [0.5, 0.6) is 5.75 Å². The minimum Gasteiger partial charge on any atom is -0.493 e. The summed E-state index contributed by atoms with van der Waals surface area (Å²) < 4.78 is 8.81. The monoisotopic (exact) mass is 472 g/mol. The van der Waals surface area contributed by atoms with Crippen LogP contribution in [0.1, 0.15) is 56.9 Å². The summed E-state index contributed by atoms with van der Waals surface area (Å²) >= 11 is 7.95. The average molecular weight is 473 g/mol. The molecule has 1 aliphatic carbocycles. The normalized spacial score (nSPS) is 17.8. The summed E-state index contributed by atoms with van der Waals surface area (Å²) in [6, 6.07) is 16.8. The summed E-state index contributed by atoms with van der Waals surface area (Å²) in [7, 11) is 0. The van der Waals surface area contributed by atoms with E-state index < -0.39 is 0 Å². The van der Waals surface area contributed by atoms with Gasteiger partial charge in [-0.2, -0.15) is 0 Å². The zero-order chi connectivity index (χ0) is 22.0. The zero-order valence-corrected chi connectivity index (χ0v) is 20.8. The van der Waals surface area contributed by atoms with Gasteiger partial charge in [-0.15, -0.1) is 0 Å². The number of para-hydroxylation sites is 1. The molecule has 2 aromatic rings. The molecule has 0 atom stereocenters. The van der Waals surface area contributed by atoms with Crippen LogP contribution in [0.3, 0.4) is 0 Å². The second-order valence-corrected chi connectivity index (χ2v) is 10.8. The van der Waals surface area contributed by atoms with E-state index in [0.717, 1.165) is 49.4 Å². The van der Waals surface area contributed by atoms with Gasteiger partial charge in [-0.05, 0) is 93.4 Å². The molecule has 0 aromatic heterocycles. The first kappa shape index (κ1) is 23.9. The maximum atomic E-state index is 6.28. The van der Waals surface area contributed by atoms with Gasteiger partial charge in [-0.1, -0.05) is 49.1 Å². The van der Waals surface area contributed by atoms with E-state index >= 15 is 0 Å². The highest BCUT2D eigenvalue weighted by Crippen LogP contribution is 2.33. The molecule has 5 heteroatoms. The number of rotatable bonds is 11. The molecule has 2 aromatic carbocycles. The lowest BCUT2D eigenvalue weighted by molar-refractivity contribution is 0.204. The number of hydrogen-bond acceptors (Lipinski definition) is 4. The Kier molecular flexibility index (Phi) is 9.64. The van der Waals surface area contributed by atoms with Gasteiger partial charge in [-0.3, -0.25) is 0 Å². The molecule has 0 radical (unpaired) electrons. The molecular formula is C27H37ClN2OS. The fourth-order valence-corrected chi connectivity index (χ4v) is 6.05. The summed E-state index contributed by atoms with van der Waals surface area (Å²) in [5.41, 5.74) is 1.28. The highest BCUT2D eigenvalue weighted by molar-refractivity contribution is 7.97. The molecule has 0 unspecified atom stereocenters. The van der Waals surface area contributed by atoms with Crippen LogP contribution < -0.4 is 4.74 Å². The molecule has 0 amide bonds.